The summed E-state index contributed by atoms with van der Waals surface area (Å²) in [6, 6.07) is 6.88. The van der Waals surface area contributed by atoms with Crippen molar-refractivity contribution >= 4 is 5.69 Å². The van der Waals surface area contributed by atoms with Gasteiger partial charge in [0.05, 0.1) is 0 Å². The Hall–Kier alpha value is -1.06. The molecule has 1 aromatic carbocycles. The van der Waals surface area contributed by atoms with Crippen LogP contribution in [0, 0.1) is 5.92 Å². The van der Waals surface area contributed by atoms with Gasteiger partial charge in [-0.25, -0.2) is 0 Å². The summed E-state index contributed by atoms with van der Waals surface area (Å²) in [5.74, 6) is 0.799. The predicted octanol–water partition coefficient (Wildman–Crippen LogP) is 2.50. The van der Waals surface area contributed by atoms with E-state index in [0.717, 1.165) is 25.7 Å². The van der Waals surface area contributed by atoms with E-state index in [9.17, 15) is 0 Å². The van der Waals surface area contributed by atoms with Gasteiger partial charge in [-0.3, -0.25) is 0 Å². The summed E-state index contributed by atoms with van der Waals surface area (Å²) in [6.07, 6.45) is 3.59. The highest BCUT2D eigenvalue weighted by Gasteiger charge is 2.23. The molecular weight excluding hydrogens is 236 g/mol. The molecule has 1 aromatic rings. The number of hydrogen-bond donors (Lipinski definition) is 1. The van der Waals surface area contributed by atoms with Crippen molar-refractivity contribution in [1.82, 2.24) is 0 Å². The van der Waals surface area contributed by atoms with Crippen molar-refractivity contribution in [1.29, 1.82) is 0 Å². The SMILES string of the molecule is CC(N)c1ccc2c(c1)CCN2CC1CCOCC1. The molecule has 0 aromatic heterocycles. The van der Waals surface area contributed by atoms with Crippen LogP contribution in [0.4, 0.5) is 5.69 Å². The maximum atomic E-state index is 5.96. The first-order valence-electron chi connectivity index (χ1n) is 7.45. The molecule has 1 saturated heterocycles. The Morgan fingerprint density at radius 3 is 2.89 bits per heavy atom. The van der Waals surface area contributed by atoms with Gasteiger partial charge in [0.25, 0.3) is 0 Å². The summed E-state index contributed by atoms with van der Waals surface area (Å²) in [5.41, 5.74) is 10.1. The molecule has 1 atom stereocenters. The van der Waals surface area contributed by atoms with Crippen molar-refractivity contribution in [2.45, 2.75) is 32.2 Å². The number of fused-ring (bicyclic) bond motifs is 1. The second-order valence-electron chi connectivity index (χ2n) is 5.93. The zero-order valence-corrected chi connectivity index (χ0v) is 11.8. The number of nitrogens with two attached hydrogens (primary N) is 1. The lowest BCUT2D eigenvalue weighted by Gasteiger charge is -2.28. The van der Waals surface area contributed by atoms with Gasteiger partial charge >= 0.3 is 0 Å². The Bertz CT molecular complexity index is 438. The number of benzene rings is 1. The Balaban J connectivity index is 1.71. The average molecular weight is 260 g/mol. The summed E-state index contributed by atoms with van der Waals surface area (Å²) < 4.78 is 5.44. The minimum atomic E-state index is 0.134. The first-order chi connectivity index (χ1) is 9.24. The molecular formula is C16H24N2O. The molecule has 104 valence electrons. The van der Waals surface area contributed by atoms with Crippen LogP contribution < -0.4 is 10.6 Å². The Kier molecular flexibility index (Phi) is 3.76. The second kappa shape index (κ2) is 5.51. The average Bonchev–Trinajstić information content (AvgIpc) is 2.82. The molecule has 2 heterocycles. The van der Waals surface area contributed by atoms with Gasteiger partial charge in [-0.1, -0.05) is 12.1 Å². The highest BCUT2D eigenvalue weighted by molar-refractivity contribution is 5.59. The van der Waals surface area contributed by atoms with E-state index in [1.54, 1.807) is 0 Å². The van der Waals surface area contributed by atoms with Crippen LogP contribution in [0.2, 0.25) is 0 Å². The Morgan fingerprint density at radius 1 is 1.37 bits per heavy atom. The zero-order valence-electron chi connectivity index (χ0n) is 11.8. The maximum Gasteiger partial charge on any atom is 0.0469 e. The number of hydrogen-bond acceptors (Lipinski definition) is 3. The van der Waals surface area contributed by atoms with Gasteiger partial charge in [-0.15, -0.1) is 0 Å². The summed E-state index contributed by atoms with van der Waals surface area (Å²) >= 11 is 0. The molecule has 3 rings (SSSR count). The molecule has 1 fully saturated rings. The first-order valence-corrected chi connectivity index (χ1v) is 7.45. The molecule has 3 heteroatoms. The maximum absolute atomic E-state index is 5.96. The largest absolute Gasteiger partial charge is 0.381 e. The van der Waals surface area contributed by atoms with E-state index in [1.807, 2.05) is 0 Å². The fourth-order valence-electron chi connectivity index (χ4n) is 3.20. The molecule has 0 bridgehead atoms. The summed E-state index contributed by atoms with van der Waals surface area (Å²) in [4.78, 5) is 2.55. The van der Waals surface area contributed by atoms with Gasteiger partial charge in [0.2, 0.25) is 0 Å². The molecule has 0 saturated carbocycles. The number of ether oxygens (including phenoxy) is 1. The minimum Gasteiger partial charge on any atom is -0.381 e. The van der Waals surface area contributed by atoms with Crippen LogP contribution in [0.25, 0.3) is 0 Å². The van der Waals surface area contributed by atoms with Crippen molar-refractivity contribution in [2.24, 2.45) is 11.7 Å². The fraction of sp³-hybridized carbons (Fsp3) is 0.625. The summed E-state index contributed by atoms with van der Waals surface area (Å²) in [7, 11) is 0. The topological polar surface area (TPSA) is 38.5 Å². The minimum absolute atomic E-state index is 0.134. The third-order valence-corrected chi connectivity index (χ3v) is 4.44. The van der Waals surface area contributed by atoms with Gasteiger partial charge in [-0.05, 0) is 49.3 Å². The van der Waals surface area contributed by atoms with Crippen molar-refractivity contribution in [3.63, 3.8) is 0 Å². The monoisotopic (exact) mass is 260 g/mol. The first kappa shape index (κ1) is 12.9. The molecule has 2 aliphatic heterocycles. The Morgan fingerprint density at radius 2 is 2.16 bits per heavy atom. The Labute approximate surface area is 115 Å². The van der Waals surface area contributed by atoms with E-state index in [0.29, 0.717) is 0 Å². The smallest absolute Gasteiger partial charge is 0.0469 e. The molecule has 0 radical (unpaired) electrons. The lowest BCUT2D eigenvalue weighted by atomic mass is 9.99. The van der Waals surface area contributed by atoms with Crippen molar-refractivity contribution in [2.75, 3.05) is 31.2 Å². The molecule has 0 aliphatic carbocycles. The van der Waals surface area contributed by atoms with Crippen LogP contribution in [-0.4, -0.2) is 26.3 Å². The van der Waals surface area contributed by atoms with E-state index >= 15 is 0 Å². The molecule has 3 nitrogen and oxygen atoms in total. The highest BCUT2D eigenvalue weighted by atomic mass is 16.5. The standard InChI is InChI=1S/C16H24N2O/c1-12(17)14-2-3-16-15(10-14)4-7-18(16)11-13-5-8-19-9-6-13/h2-3,10,12-13H,4-9,11,17H2,1H3. The van der Waals surface area contributed by atoms with Crippen molar-refractivity contribution in [3.8, 4) is 0 Å². The lowest BCUT2D eigenvalue weighted by Crippen LogP contribution is -2.31. The van der Waals surface area contributed by atoms with Crippen molar-refractivity contribution in [3.05, 3.63) is 29.3 Å². The van der Waals surface area contributed by atoms with Gasteiger partial charge in [0.15, 0.2) is 0 Å². The summed E-state index contributed by atoms with van der Waals surface area (Å²) in [5, 5.41) is 0. The third-order valence-electron chi connectivity index (χ3n) is 4.44. The van der Waals surface area contributed by atoms with Gasteiger partial charge < -0.3 is 15.4 Å². The van der Waals surface area contributed by atoms with Gasteiger partial charge in [0, 0.05) is 38.0 Å². The zero-order chi connectivity index (χ0) is 13.2. The van der Waals surface area contributed by atoms with E-state index in [2.05, 4.69) is 30.0 Å². The molecule has 0 spiro atoms. The molecule has 1 unspecified atom stereocenters. The molecule has 2 N–H and O–H groups in total. The molecule has 19 heavy (non-hydrogen) atoms. The van der Waals surface area contributed by atoms with Crippen LogP contribution in [0.15, 0.2) is 18.2 Å². The number of nitrogens with zero attached hydrogens (tertiary/aromatic N) is 1. The van der Waals surface area contributed by atoms with E-state index < -0.39 is 0 Å². The normalized spacial score (nSPS) is 21.5. The summed E-state index contributed by atoms with van der Waals surface area (Å²) in [6.45, 7) is 6.28. The molecule has 2 aliphatic rings. The number of anilines is 1. The van der Waals surface area contributed by atoms with Crippen LogP contribution >= 0.6 is 0 Å². The van der Waals surface area contributed by atoms with E-state index in [1.165, 1.54) is 42.6 Å². The number of rotatable bonds is 3. The fourth-order valence-corrected chi connectivity index (χ4v) is 3.20. The lowest BCUT2D eigenvalue weighted by molar-refractivity contribution is 0.0683. The second-order valence-corrected chi connectivity index (χ2v) is 5.93. The predicted molar refractivity (Wildman–Crippen MR) is 78.5 cm³/mol. The highest BCUT2D eigenvalue weighted by Crippen LogP contribution is 2.31. The van der Waals surface area contributed by atoms with E-state index in [4.69, 9.17) is 10.5 Å². The van der Waals surface area contributed by atoms with Crippen molar-refractivity contribution < 1.29 is 4.74 Å². The van der Waals surface area contributed by atoms with Gasteiger partial charge in [0.1, 0.15) is 0 Å². The van der Waals surface area contributed by atoms with Crippen LogP contribution in [0.5, 0.6) is 0 Å². The quantitative estimate of drug-likeness (QED) is 0.907. The van der Waals surface area contributed by atoms with Gasteiger partial charge in [-0.2, -0.15) is 0 Å². The molecule has 0 amide bonds. The van der Waals surface area contributed by atoms with Crippen LogP contribution in [0.3, 0.4) is 0 Å². The van der Waals surface area contributed by atoms with Crippen LogP contribution in [0.1, 0.15) is 36.9 Å². The van der Waals surface area contributed by atoms with E-state index in [-0.39, 0.29) is 6.04 Å². The van der Waals surface area contributed by atoms with Crippen LogP contribution in [-0.2, 0) is 11.2 Å². The third kappa shape index (κ3) is 2.77.